The monoisotopic (exact) mass is 246 g/mol. The van der Waals surface area contributed by atoms with Crippen molar-refractivity contribution in [3.63, 3.8) is 0 Å². The Morgan fingerprint density at radius 1 is 1.58 bits per heavy atom. The number of carbonyl (C=O) groups is 1. The molecule has 0 amide bonds. The van der Waals surface area contributed by atoms with E-state index in [1.165, 1.54) is 0 Å². The SMILES string of the molecule is C=C(Cl)C(=O)OCC[Si](C)(Cl)Cl. The van der Waals surface area contributed by atoms with Crippen LogP contribution in [0.25, 0.3) is 0 Å². The summed E-state index contributed by atoms with van der Waals surface area (Å²) in [6.07, 6.45) is 0. The van der Waals surface area contributed by atoms with Gasteiger partial charge in [0.1, 0.15) is 5.03 Å². The number of carbonyl (C=O) groups excluding carboxylic acids is 1. The van der Waals surface area contributed by atoms with Gasteiger partial charge in [-0.2, -0.15) is 0 Å². The van der Waals surface area contributed by atoms with Crippen molar-refractivity contribution in [1.29, 1.82) is 0 Å². The molecular formula is C6H9Cl3O2Si. The molecule has 2 nitrogen and oxygen atoms in total. The summed E-state index contributed by atoms with van der Waals surface area (Å²) in [7, 11) is 0. The van der Waals surface area contributed by atoms with Crippen molar-refractivity contribution >= 4 is 46.4 Å². The van der Waals surface area contributed by atoms with Crippen LogP contribution in [0.4, 0.5) is 0 Å². The molecule has 0 aromatic rings. The maximum Gasteiger partial charge on any atom is 0.349 e. The van der Waals surface area contributed by atoms with Crippen LogP contribution in [0, 0.1) is 0 Å². The zero-order chi connectivity index (χ0) is 9.78. The molecule has 0 aliphatic heterocycles. The van der Waals surface area contributed by atoms with E-state index in [1.807, 2.05) is 0 Å². The molecule has 0 aromatic heterocycles. The van der Waals surface area contributed by atoms with E-state index in [0.29, 0.717) is 6.04 Å². The van der Waals surface area contributed by atoms with Gasteiger partial charge in [-0.3, -0.25) is 0 Å². The van der Waals surface area contributed by atoms with Crippen LogP contribution in [0.5, 0.6) is 0 Å². The summed E-state index contributed by atoms with van der Waals surface area (Å²) in [5.41, 5.74) is 0. The summed E-state index contributed by atoms with van der Waals surface area (Å²) in [6, 6.07) is 0.492. The standard InChI is InChI=1S/C6H9Cl3O2Si/c1-5(7)6(10)11-3-4-12(2,8)9/h1,3-4H2,2H3. The van der Waals surface area contributed by atoms with E-state index >= 15 is 0 Å². The van der Waals surface area contributed by atoms with Gasteiger partial charge in [0.15, 0.2) is 0 Å². The first-order valence-electron chi connectivity index (χ1n) is 3.22. The van der Waals surface area contributed by atoms with E-state index < -0.39 is 12.7 Å². The van der Waals surface area contributed by atoms with Gasteiger partial charge in [-0.25, -0.2) is 4.79 Å². The molecule has 0 radical (unpaired) electrons. The highest BCUT2D eigenvalue weighted by Crippen LogP contribution is 2.19. The Bertz CT molecular complexity index is 188. The number of ether oxygens (including phenoxy) is 1. The Hall–Kier alpha value is 0.297. The van der Waals surface area contributed by atoms with Gasteiger partial charge in [-0.15, -0.1) is 22.2 Å². The first-order chi connectivity index (χ1) is 5.33. The zero-order valence-electron chi connectivity index (χ0n) is 6.57. The van der Waals surface area contributed by atoms with E-state index in [9.17, 15) is 4.79 Å². The third-order valence-electron chi connectivity index (χ3n) is 0.996. The van der Waals surface area contributed by atoms with Crippen LogP contribution in [0.1, 0.15) is 0 Å². The molecule has 0 saturated heterocycles. The fourth-order valence-electron chi connectivity index (χ4n) is 0.401. The third kappa shape index (κ3) is 6.97. The van der Waals surface area contributed by atoms with E-state index in [2.05, 4.69) is 11.3 Å². The van der Waals surface area contributed by atoms with Gasteiger partial charge in [0.2, 0.25) is 0 Å². The number of hydrogen-bond acceptors (Lipinski definition) is 2. The Morgan fingerprint density at radius 2 is 2.08 bits per heavy atom. The number of rotatable bonds is 4. The van der Waals surface area contributed by atoms with Crippen LogP contribution in [-0.4, -0.2) is 19.3 Å². The fourth-order valence-corrected chi connectivity index (χ4v) is 1.38. The third-order valence-corrected chi connectivity index (χ3v) is 3.37. The molecule has 0 rings (SSSR count). The summed E-state index contributed by atoms with van der Waals surface area (Å²) in [5, 5.41) is -0.137. The highest BCUT2D eigenvalue weighted by atomic mass is 35.7. The van der Waals surface area contributed by atoms with Crippen LogP contribution in [0.3, 0.4) is 0 Å². The van der Waals surface area contributed by atoms with Gasteiger partial charge in [0.05, 0.1) is 6.61 Å². The van der Waals surface area contributed by atoms with E-state index in [4.69, 9.17) is 33.8 Å². The maximum absolute atomic E-state index is 10.7. The second-order valence-corrected chi connectivity index (χ2v) is 11.0. The molecule has 0 heterocycles. The summed E-state index contributed by atoms with van der Waals surface area (Å²) < 4.78 is 4.67. The van der Waals surface area contributed by atoms with E-state index in [-0.39, 0.29) is 11.6 Å². The Balaban J connectivity index is 3.58. The zero-order valence-corrected chi connectivity index (χ0v) is 9.84. The minimum Gasteiger partial charge on any atom is -0.462 e. The lowest BCUT2D eigenvalue weighted by atomic mass is 10.6. The van der Waals surface area contributed by atoms with E-state index in [1.54, 1.807) is 6.55 Å². The average molecular weight is 248 g/mol. The molecule has 0 aliphatic carbocycles. The Morgan fingerprint density at radius 3 is 2.42 bits per heavy atom. The molecule has 0 aromatic carbocycles. The molecule has 0 spiro atoms. The van der Waals surface area contributed by atoms with Crippen LogP contribution < -0.4 is 0 Å². The van der Waals surface area contributed by atoms with Gasteiger partial charge < -0.3 is 4.74 Å². The van der Waals surface area contributed by atoms with Crippen molar-refractivity contribution in [2.24, 2.45) is 0 Å². The first kappa shape index (κ1) is 12.3. The number of esters is 1. The topological polar surface area (TPSA) is 26.3 Å². The van der Waals surface area contributed by atoms with Crippen molar-refractivity contribution in [2.45, 2.75) is 12.6 Å². The van der Waals surface area contributed by atoms with Crippen molar-refractivity contribution < 1.29 is 9.53 Å². The Labute approximate surface area is 86.9 Å². The molecule has 0 saturated carbocycles. The highest BCUT2D eigenvalue weighted by Gasteiger charge is 2.21. The van der Waals surface area contributed by atoms with Crippen molar-refractivity contribution in [1.82, 2.24) is 0 Å². The molecule has 12 heavy (non-hydrogen) atoms. The molecule has 0 aliphatic rings. The summed E-state index contributed by atoms with van der Waals surface area (Å²) in [4.78, 5) is 10.7. The Kier molecular flexibility index (Phi) is 5.25. The summed E-state index contributed by atoms with van der Waals surface area (Å²) >= 11 is 16.8. The van der Waals surface area contributed by atoms with Crippen LogP contribution in [-0.2, 0) is 9.53 Å². The van der Waals surface area contributed by atoms with Gasteiger partial charge in [-0.05, 0) is 6.55 Å². The van der Waals surface area contributed by atoms with Crippen LogP contribution in [0.15, 0.2) is 11.6 Å². The van der Waals surface area contributed by atoms with Crippen molar-refractivity contribution in [2.75, 3.05) is 6.61 Å². The molecule has 0 bridgehead atoms. The molecule has 0 fully saturated rings. The predicted molar refractivity (Wildman–Crippen MR) is 54.1 cm³/mol. The molecular weight excluding hydrogens is 239 g/mol. The second kappa shape index (κ2) is 5.12. The maximum atomic E-state index is 10.7. The predicted octanol–water partition coefficient (Wildman–Crippen LogP) is 2.83. The van der Waals surface area contributed by atoms with Crippen molar-refractivity contribution in [3.05, 3.63) is 11.6 Å². The minimum absolute atomic E-state index is 0.137. The lowest BCUT2D eigenvalue weighted by Gasteiger charge is -2.09. The molecule has 6 heteroatoms. The molecule has 0 unspecified atom stereocenters. The number of hydrogen-bond donors (Lipinski definition) is 0. The van der Waals surface area contributed by atoms with Crippen LogP contribution in [0.2, 0.25) is 12.6 Å². The van der Waals surface area contributed by atoms with E-state index in [0.717, 1.165) is 0 Å². The normalized spacial score (nSPS) is 11.0. The second-order valence-electron chi connectivity index (χ2n) is 2.36. The number of halogens is 3. The van der Waals surface area contributed by atoms with Gasteiger partial charge in [-0.1, -0.05) is 18.2 Å². The smallest absolute Gasteiger partial charge is 0.349 e. The molecule has 70 valence electrons. The lowest BCUT2D eigenvalue weighted by molar-refractivity contribution is -0.137. The quantitative estimate of drug-likeness (QED) is 0.330. The lowest BCUT2D eigenvalue weighted by Crippen LogP contribution is -2.17. The minimum atomic E-state index is -2.16. The largest absolute Gasteiger partial charge is 0.462 e. The fraction of sp³-hybridized carbons (Fsp3) is 0.500. The molecule has 0 N–H and O–H groups in total. The van der Waals surface area contributed by atoms with Gasteiger partial charge >= 0.3 is 5.97 Å². The summed E-state index contributed by atoms with van der Waals surface area (Å²) in [6.45, 7) is 2.99. The highest BCUT2D eigenvalue weighted by molar-refractivity contribution is 7.44. The van der Waals surface area contributed by atoms with Gasteiger partial charge in [0.25, 0.3) is 6.69 Å². The average Bonchev–Trinajstić information content (AvgIpc) is 1.84. The van der Waals surface area contributed by atoms with Gasteiger partial charge in [0, 0.05) is 6.04 Å². The summed E-state index contributed by atoms with van der Waals surface area (Å²) in [5.74, 6) is -0.622. The van der Waals surface area contributed by atoms with Crippen molar-refractivity contribution in [3.8, 4) is 0 Å². The first-order valence-corrected chi connectivity index (χ1v) is 8.33. The van der Waals surface area contributed by atoms with Crippen LogP contribution >= 0.6 is 33.8 Å². The molecule has 0 atom stereocenters.